The van der Waals surface area contributed by atoms with E-state index < -0.39 is 17.4 Å². The van der Waals surface area contributed by atoms with Gasteiger partial charge in [0.15, 0.2) is 0 Å². The second-order valence-electron chi connectivity index (χ2n) is 7.24. The Morgan fingerprint density at radius 1 is 1.26 bits per heavy atom. The highest BCUT2D eigenvalue weighted by Gasteiger charge is 2.43. The topological polar surface area (TPSA) is 15.3 Å². The van der Waals surface area contributed by atoms with E-state index >= 15 is 4.39 Å². The minimum Gasteiger partial charge on any atom is -0.316 e. The van der Waals surface area contributed by atoms with E-state index in [-0.39, 0.29) is 23.9 Å². The van der Waals surface area contributed by atoms with Gasteiger partial charge < -0.3 is 5.32 Å². The van der Waals surface area contributed by atoms with E-state index in [9.17, 15) is 13.2 Å². The molecule has 0 bridgehead atoms. The number of likely N-dealkylation sites (tertiary alicyclic amines) is 1. The van der Waals surface area contributed by atoms with E-state index in [1.807, 2.05) is 4.90 Å². The predicted octanol–water partition coefficient (Wildman–Crippen LogP) is 3.58. The average Bonchev–Trinajstić information content (AvgIpc) is 3.06. The molecule has 2 aliphatic rings. The van der Waals surface area contributed by atoms with Crippen molar-refractivity contribution in [2.75, 3.05) is 32.7 Å². The molecule has 6 heteroatoms. The van der Waals surface area contributed by atoms with Crippen LogP contribution in [0, 0.1) is 5.41 Å². The molecular weight excluding hydrogens is 308 g/mol. The highest BCUT2D eigenvalue weighted by Crippen LogP contribution is 2.40. The van der Waals surface area contributed by atoms with Crippen molar-refractivity contribution in [1.29, 1.82) is 0 Å². The minimum atomic E-state index is -4.44. The van der Waals surface area contributed by atoms with Crippen molar-refractivity contribution in [3.05, 3.63) is 35.4 Å². The van der Waals surface area contributed by atoms with Crippen molar-refractivity contribution >= 4 is 0 Å². The number of halogens is 4. The van der Waals surface area contributed by atoms with Crippen LogP contribution in [0.3, 0.4) is 0 Å². The van der Waals surface area contributed by atoms with Crippen LogP contribution in [0.2, 0.25) is 0 Å². The van der Waals surface area contributed by atoms with Gasteiger partial charge in [-0.15, -0.1) is 0 Å². The van der Waals surface area contributed by atoms with Crippen molar-refractivity contribution in [3.63, 3.8) is 0 Å². The van der Waals surface area contributed by atoms with Gasteiger partial charge in [-0.1, -0.05) is 19.1 Å². The summed E-state index contributed by atoms with van der Waals surface area (Å²) in [6.07, 6.45) is -3.14. The van der Waals surface area contributed by atoms with Crippen molar-refractivity contribution < 1.29 is 17.6 Å². The van der Waals surface area contributed by atoms with E-state index in [1.54, 1.807) is 0 Å². The van der Waals surface area contributed by atoms with Gasteiger partial charge in [0, 0.05) is 26.2 Å². The van der Waals surface area contributed by atoms with Crippen LogP contribution < -0.4 is 5.32 Å². The minimum absolute atomic E-state index is 0.124. The molecule has 2 aliphatic heterocycles. The lowest BCUT2D eigenvalue weighted by molar-refractivity contribution is -0.137. The maximum Gasteiger partial charge on any atom is 0.416 e. The van der Waals surface area contributed by atoms with Crippen LogP contribution in [0.1, 0.15) is 30.9 Å². The normalized spacial score (nSPS) is 32.6. The molecule has 1 aromatic rings. The lowest BCUT2D eigenvalue weighted by Gasteiger charge is -2.30. The Bertz CT molecular complexity index is 566. The largest absolute Gasteiger partial charge is 0.416 e. The molecule has 2 saturated heterocycles. The molecule has 0 saturated carbocycles. The average molecular weight is 330 g/mol. The van der Waals surface area contributed by atoms with E-state index in [2.05, 4.69) is 12.2 Å². The van der Waals surface area contributed by atoms with E-state index in [0.29, 0.717) is 6.54 Å². The molecule has 0 amide bonds. The van der Waals surface area contributed by atoms with Gasteiger partial charge in [0.05, 0.1) is 5.56 Å². The second kappa shape index (κ2) is 5.74. The van der Waals surface area contributed by atoms with Crippen LogP contribution in [0.25, 0.3) is 0 Å². The first-order valence-electron chi connectivity index (χ1n) is 8.00. The zero-order valence-electron chi connectivity index (χ0n) is 13.2. The van der Waals surface area contributed by atoms with Crippen molar-refractivity contribution in [2.24, 2.45) is 5.41 Å². The highest BCUT2D eigenvalue weighted by atomic mass is 19.4. The molecule has 23 heavy (non-hydrogen) atoms. The standard InChI is InChI=1S/C17H22F4N2/c1-15(5-7-22-10-15)11-23-8-6-16(18,12-23)13-3-2-4-14(9-13)17(19,20)21/h2-4,9,22H,5-8,10-12H2,1H3. The Morgan fingerprint density at radius 2 is 2.04 bits per heavy atom. The second-order valence-corrected chi connectivity index (χ2v) is 7.24. The molecule has 2 nitrogen and oxygen atoms in total. The molecule has 128 valence electrons. The van der Waals surface area contributed by atoms with Crippen LogP contribution in [0.15, 0.2) is 24.3 Å². The molecule has 1 N–H and O–H groups in total. The SMILES string of the molecule is CC1(CN2CCC(F)(c3cccc(C(F)(F)F)c3)C2)CCNC1. The maximum atomic E-state index is 15.2. The van der Waals surface area contributed by atoms with Gasteiger partial charge in [0.2, 0.25) is 0 Å². The summed E-state index contributed by atoms with van der Waals surface area (Å²) < 4.78 is 53.7. The molecule has 1 aromatic carbocycles. The van der Waals surface area contributed by atoms with Crippen LogP contribution in [-0.4, -0.2) is 37.6 Å². The number of alkyl halides is 4. The first kappa shape index (κ1) is 16.7. The molecule has 2 unspecified atom stereocenters. The molecule has 0 radical (unpaired) electrons. The van der Waals surface area contributed by atoms with Crippen LogP contribution >= 0.6 is 0 Å². The predicted molar refractivity (Wildman–Crippen MR) is 80.9 cm³/mol. The van der Waals surface area contributed by atoms with Crippen molar-refractivity contribution in [3.8, 4) is 0 Å². The third-order valence-corrected chi connectivity index (χ3v) is 5.07. The number of nitrogens with one attached hydrogen (secondary N) is 1. The Morgan fingerprint density at radius 3 is 2.70 bits per heavy atom. The van der Waals surface area contributed by atoms with E-state index in [4.69, 9.17) is 0 Å². The fourth-order valence-electron chi connectivity index (χ4n) is 3.74. The first-order chi connectivity index (χ1) is 10.7. The third-order valence-electron chi connectivity index (χ3n) is 5.07. The lowest BCUT2D eigenvalue weighted by atomic mass is 9.89. The summed E-state index contributed by atoms with van der Waals surface area (Å²) in [6.45, 7) is 5.59. The Balaban J connectivity index is 1.73. The zero-order chi connectivity index (χ0) is 16.7. The van der Waals surface area contributed by atoms with Gasteiger partial charge >= 0.3 is 6.18 Å². The summed E-state index contributed by atoms with van der Waals surface area (Å²) >= 11 is 0. The summed E-state index contributed by atoms with van der Waals surface area (Å²) in [5, 5.41) is 3.32. The summed E-state index contributed by atoms with van der Waals surface area (Å²) in [4.78, 5) is 2.05. The maximum absolute atomic E-state index is 15.2. The molecule has 0 aromatic heterocycles. The van der Waals surface area contributed by atoms with Crippen LogP contribution in [0.5, 0.6) is 0 Å². The van der Waals surface area contributed by atoms with Crippen LogP contribution in [-0.2, 0) is 11.8 Å². The number of hydrogen-bond acceptors (Lipinski definition) is 2. The molecule has 3 rings (SSSR count). The number of benzene rings is 1. The van der Waals surface area contributed by atoms with Gasteiger partial charge in [-0.3, -0.25) is 4.90 Å². The van der Waals surface area contributed by atoms with Gasteiger partial charge in [-0.2, -0.15) is 13.2 Å². The molecule has 0 aliphatic carbocycles. The fourth-order valence-corrected chi connectivity index (χ4v) is 3.74. The third kappa shape index (κ3) is 3.53. The number of nitrogens with zero attached hydrogens (tertiary/aromatic N) is 1. The summed E-state index contributed by atoms with van der Waals surface area (Å²) in [6, 6.07) is 4.72. The lowest BCUT2D eigenvalue weighted by Crippen LogP contribution is -2.37. The number of rotatable bonds is 3. The Labute approximate surface area is 133 Å². The van der Waals surface area contributed by atoms with E-state index in [0.717, 1.165) is 38.2 Å². The smallest absolute Gasteiger partial charge is 0.316 e. The van der Waals surface area contributed by atoms with Crippen molar-refractivity contribution in [1.82, 2.24) is 10.2 Å². The zero-order valence-corrected chi connectivity index (χ0v) is 13.2. The molecule has 2 heterocycles. The quantitative estimate of drug-likeness (QED) is 0.852. The molecular formula is C17H22F4N2. The monoisotopic (exact) mass is 330 g/mol. The highest BCUT2D eigenvalue weighted by molar-refractivity contribution is 5.31. The Kier molecular flexibility index (Phi) is 4.17. The van der Waals surface area contributed by atoms with Gasteiger partial charge in [-0.05, 0) is 42.5 Å². The summed E-state index contributed by atoms with van der Waals surface area (Å²) in [7, 11) is 0. The fraction of sp³-hybridized carbons (Fsp3) is 0.647. The van der Waals surface area contributed by atoms with Gasteiger partial charge in [-0.25, -0.2) is 4.39 Å². The summed E-state index contributed by atoms with van der Waals surface area (Å²) in [5.41, 5.74) is -2.20. The molecule has 2 fully saturated rings. The van der Waals surface area contributed by atoms with Crippen molar-refractivity contribution in [2.45, 2.75) is 31.6 Å². The van der Waals surface area contributed by atoms with Crippen LogP contribution in [0.4, 0.5) is 17.6 Å². The molecule has 0 spiro atoms. The molecule has 2 atom stereocenters. The first-order valence-corrected chi connectivity index (χ1v) is 8.00. The Hall–Kier alpha value is -1.14. The summed E-state index contributed by atoms with van der Waals surface area (Å²) in [5.74, 6) is 0. The number of hydrogen-bond donors (Lipinski definition) is 1. The van der Waals surface area contributed by atoms with Gasteiger partial charge in [0.25, 0.3) is 0 Å². The van der Waals surface area contributed by atoms with E-state index in [1.165, 1.54) is 12.1 Å². The van der Waals surface area contributed by atoms with Gasteiger partial charge in [0.1, 0.15) is 5.67 Å².